The summed E-state index contributed by atoms with van der Waals surface area (Å²) in [6.45, 7) is 3.35. The van der Waals surface area contributed by atoms with E-state index in [-0.39, 0.29) is 17.2 Å². The van der Waals surface area contributed by atoms with Crippen molar-refractivity contribution in [2.75, 3.05) is 26.7 Å². The fourth-order valence-electron chi connectivity index (χ4n) is 5.41. The smallest absolute Gasteiger partial charge is 0.286 e. The highest BCUT2D eigenvalue weighted by Crippen LogP contribution is 2.43. The van der Waals surface area contributed by atoms with Gasteiger partial charge in [0, 0.05) is 31.3 Å². The standard InChI is InChI=1S/C30H31N3O6/c1-3-4-5-20-6-8-21(9-7-20)22-10-12-23(13-11-22)28(35)31-18-30(19-31)14-15-32(30)29(36)24-16-27(39-2)26(34)17-25(24)33(37)38/h6-13,16-17,34H,3-5,14-15,18-19H2,1-2H3. The second-order valence-electron chi connectivity index (χ2n) is 10.3. The van der Waals surface area contributed by atoms with Crippen molar-refractivity contribution in [1.82, 2.24) is 9.80 Å². The minimum absolute atomic E-state index is 0.0141. The zero-order valence-corrected chi connectivity index (χ0v) is 22.1. The van der Waals surface area contributed by atoms with Crippen LogP contribution in [-0.2, 0) is 6.42 Å². The third kappa shape index (κ3) is 4.80. The van der Waals surface area contributed by atoms with Gasteiger partial charge in [-0.1, -0.05) is 49.7 Å². The number of nitro groups is 1. The number of benzene rings is 3. The lowest BCUT2D eigenvalue weighted by molar-refractivity contribution is -0.385. The van der Waals surface area contributed by atoms with E-state index >= 15 is 0 Å². The molecular weight excluding hydrogens is 498 g/mol. The van der Waals surface area contributed by atoms with E-state index in [4.69, 9.17) is 4.74 Å². The van der Waals surface area contributed by atoms with E-state index in [1.165, 1.54) is 31.6 Å². The fraction of sp³-hybridized carbons (Fsp3) is 0.333. The molecular formula is C30H31N3O6. The molecule has 3 aromatic carbocycles. The number of rotatable bonds is 8. The molecule has 2 saturated heterocycles. The van der Waals surface area contributed by atoms with E-state index < -0.39 is 27.8 Å². The summed E-state index contributed by atoms with van der Waals surface area (Å²) in [6, 6.07) is 18.2. The van der Waals surface area contributed by atoms with Crippen LogP contribution < -0.4 is 4.74 Å². The Morgan fingerprint density at radius 3 is 2.21 bits per heavy atom. The Bertz CT molecular complexity index is 1410. The number of carbonyl (C=O) groups is 2. The van der Waals surface area contributed by atoms with E-state index in [9.17, 15) is 24.8 Å². The van der Waals surface area contributed by atoms with Crippen LogP contribution in [0.3, 0.4) is 0 Å². The Kier molecular flexibility index (Phi) is 6.99. The van der Waals surface area contributed by atoms with Gasteiger partial charge in [0.15, 0.2) is 11.5 Å². The SMILES string of the molecule is CCCCc1ccc(-c2ccc(C(=O)N3CC4(CCN4C(=O)c4cc(OC)c(O)cc4[N+](=O)[O-])C3)cc2)cc1. The molecule has 1 N–H and O–H groups in total. The second kappa shape index (κ2) is 10.4. The van der Waals surface area contributed by atoms with Gasteiger partial charge in [0.25, 0.3) is 17.5 Å². The number of methoxy groups -OCH3 is 1. The average molecular weight is 530 g/mol. The van der Waals surface area contributed by atoms with Crippen LogP contribution >= 0.6 is 0 Å². The lowest BCUT2D eigenvalue weighted by Gasteiger charge is -2.62. The lowest BCUT2D eigenvalue weighted by atomic mass is 9.76. The first-order valence-corrected chi connectivity index (χ1v) is 13.1. The number of nitrogens with zero attached hydrogens (tertiary/aromatic N) is 3. The summed E-state index contributed by atoms with van der Waals surface area (Å²) in [7, 11) is 1.31. The maximum atomic E-state index is 13.3. The number of unbranched alkanes of at least 4 members (excludes halogenated alkanes) is 1. The molecule has 5 rings (SSSR count). The molecule has 2 aliphatic rings. The predicted octanol–water partition coefficient (Wildman–Crippen LogP) is 5.06. The molecule has 3 aromatic rings. The summed E-state index contributed by atoms with van der Waals surface area (Å²) in [6.07, 6.45) is 4.12. The zero-order chi connectivity index (χ0) is 27.7. The molecule has 202 valence electrons. The summed E-state index contributed by atoms with van der Waals surface area (Å²) in [4.78, 5) is 40.6. The van der Waals surface area contributed by atoms with Gasteiger partial charge in [0.2, 0.25) is 0 Å². The van der Waals surface area contributed by atoms with Crippen LogP contribution in [0.5, 0.6) is 11.5 Å². The van der Waals surface area contributed by atoms with Crippen molar-refractivity contribution in [2.45, 2.75) is 38.1 Å². The molecule has 0 atom stereocenters. The first-order valence-electron chi connectivity index (χ1n) is 13.1. The van der Waals surface area contributed by atoms with Crippen LogP contribution in [0.1, 0.15) is 52.5 Å². The number of hydrogen-bond acceptors (Lipinski definition) is 6. The van der Waals surface area contributed by atoms with E-state index in [1.807, 2.05) is 24.3 Å². The molecule has 0 saturated carbocycles. The maximum Gasteiger partial charge on any atom is 0.286 e. The largest absolute Gasteiger partial charge is 0.504 e. The molecule has 39 heavy (non-hydrogen) atoms. The summed E-state index contributed by atoms with van der Waals surface area (Å²) in [5, 5.41) is 21.5. The van der Waals surface area contributed by atoms with Crippen molar-refractivity contribution in [1.29, 1.82) is 0 Å². The first kappa shape index (κ1) is 26.2. The topological polar surface area (TPSA) is 113 Å². The molecule has 9 nitrogen and oxygen atoms in total. The van der Waals surface area contributed by atoms with Gasteiger partial charge in [-0.05, 0) is 48.1 Å². The van der Waals surface area contributed by atoms with E-state index in [1.54, 1.807) is 9.80 Å². The van der Waals surface area contributed by atoms with Gasteiger partial charge in [-0.2, -0.15) is 0 Å². The van der Waals surface area contributed by atoms with Gasteiger partial charge in [0.1, 0.15) is 5.56 Å². The van der Waals surface area contributed by atoms with Gasteiger partial charge in [-0.25, -0.2) is 0 Å². The Balaban J connectivity index is 1.25. The first-order chi connectivity index (χ1) is 18.8. The number of likely N-dealkylation sites (tertiary alicyclic amines) is 2. The van der Waals surface area contributed by atoms with Crippen molar-refractivity contribution in [3.63, 3.8) is 0 Å². The minimum Gasteiger partial charge on any atom is -0.504 e. The van der Waals surface area contributed by atoms with Gasteiger partial charge >= 0.3 is 0 Å². The van der Waals surface area contributed by atoms with E-state index in [0.29, 0.717) is 31.6 Å². The minimum atomic E-state index is -0.695. The Hall–Kier alpha value is -4.40. The van der Waals surface area contributed by atoms with Crippen LogP contribution in [-0.4, -0.2) is 63.9 Å². The Labute approximate surface area is 226 Å². The quantitative estimate of drug-likeness (QED) is 0.322. The molecule has 2 heterocycles. The van der Waals surface area contributed by atoms with Crippen molar-refractivity contribution in [2.24, 2.45) is 0 Å². The Morgan fingerprint density at radius 1 is 1.03 bits per heavy atom. The summed E-state index contributed by atoms with van der Waals surface area (Å²) in [5.41, 5.74) is 2.86. The van der Waals surface area contributed by atoms with Gasteiger partial charge in [0.05, 0.1) is 23.6 Å². The highest BCUT2D eigenvalue weighted by atomic mass is 16.6. The molecule has 2 amide bonds. The third-order valence-electron chi connectivity index (χ3n) is 7.84. The van der Waals surface area contributed by atoms with Gasteiger partial charge in [-0.15, -0.1) is 0 Å². The number of carbonyl (C=O) groups excluding carboxylic acids is 2. The monoisotopic (exact) mass is 529 g/mol. The van der Waals surface area contributed by atoms with Crippen LogP contribution in [0, 0.1) is 10.1 Å². The third-order valence-corrected chi connectivity index (χ3v) is 7.84. The van der Waals surface area contributed by atoms with Crippen molar-refractivity contribution < 1.29 is 24.4 Å². The highest BCUT2D eigenvalue weighted by Gasteiger charge is 2.57. The molecule has 0 radical (unpaired) electrons. The van der Waals surface area contributed by atoms with Crippen LogP contribution in [0.15, 0.2) is 60.7 Å². The highest BCUT2D eigenvalue weighted by molar-refractivity contribution is 6.01. The molecule has 0 aromatic heterocycles. The number of hydrogen-bond donors (Lipinski definition) is 1. The maximum absolute atomic E-state index is 13.3. The number of amides is 2. The van der Waals surface area contributed by atoms with Crippen molar-refractivity contribution in [3.05, 3.63) is 87.5 Å². The van der Waals surface area contributed by atoms with Gasteiger partial charge in [-0.3, -0.25) is 19.7 Å². The second-order valence-corrected chi connectivity index (χ2v) is 10.3. The number of phenolic OH excluding ortho intramolecular Hbond substituents is 1. The predicted molar refractivity (Wildman–Crippen MR) is 146 cm³/mol. The van der Waals surface area contributed by atoms with E-state index in [2.05, 4.69) is 31.2 Å². The summed E-state index contributed by atoms with van der Waals surface area (Å²) >= 11 is 0. The molecule has 0 bridgehead atoms. The van der Waals surface area contributed by atoms with Crippen molar-refractivity contribution >= 4 is 17.5 Å². The average Bonchev–Trinajstić information content (AvgIpc) is 2.90. The van der Waals surface area contributed by atoms with Crippen LogP contribution in [0.25, 0.3) is 11.1 Å². The zero-order valence-electron chi connectivity index (χ0n) is 22.1. The molecule has 0 aliphatic carbocycles. The molecule has 2 fully saturated rings. The number of ether oxygens (including phenoxy) is 1. The summed E-state index contributed by atoms with van der Waals surface area (Å²) in [5.74, 6) is -1.04. The number of aromatic hydroxyl groups is 1. The fourth-order valence-corrected chi connectivity index (χ4v) is 5.41. The molecule has 2 aliphatic heterocycles. The number of aryl methyl sites for hydroxylation is 1. The van der Waals surface area contributed by atoms with Crippen LogP contribution in [0.4, 0.5) is 5.69 Å². The number of nitro benzene ring substituents is 1. The molecule has 0 unspecified atom stereocenters. The molecule has 9 heteroatoms. The Morgan fingerprint density at radius 2 is 1.67 bits per heavy atom. The normalized spacial score (nSPS) is 15.4. The van der Waals surface area contributed by atoms with E-state index in [0.717, 1.165) is 23.6 Å². The van der Waals surface area contributed by atoms with Crippen molar-refractivity contribution in [3.8, 4) is 22.6 Å². The summed E-state index contributed by atoms with van der Waals surface area (Å²) < 4.78 is 5.05. The lowest BCUT2D eigenvalue weighted by Crippen LogP contribution is -2.78. The molecule has 1 spiro atoms. The number of phenols is 1. The van der Waals surface area contributed by atoms with Gasteiger partial charge < -0.3 is 19.6 Å². The van der Waals surface area contributed by atoms with Crippen LogP contribution in [0.2, 0.25) is 0 Å².